The highest BCUT2D eigenvalue weighted by atomic mass is 16.7. The molecule has 0 atom stereocenters. The molecule has 2 N–H and O–H groups in total. The zero-order valence-electron chi connectivity index (χ0n) is 9.63. The molecular weight excluding hydrogens is 220 g/mol. The second-order valence-corrected chi connectivity index (χ2v) is 4.35. The van der Waals surface area contributed by atoms with Gasteiger partial charge in [-0.2, -0.15) is 0 Å². The quantitative estimate of drug-likeness (QED) is 0.772. The van der Waals surface area contributed by atoms with Gasteiger partial charge in [-0.15, -0.1) is 0 Å². The van der Waals surface area contributed by atoms with Crippen LogP contribution in [0.15, 0.2) is 12.5 Å². The Bertz CT molecular complexity index is 406. The Hall–Kier alpha value is -1.24. The molecule has 2 aliphatic rings. The van der Waals surface area contributed by atoms with Crippen molar-refractivity contribution in [2.75, 3.05) is 31.2 Å². The summed E-state index contributed by atoms with van der Waals surface area (Å²) in [6.07, 6.45) is 4.19. The maximum absolute atomic E-state index is 5.69. The SMILES string of the molecule is NCc1cncnc1N1CCC2(C1)OCCO2. The highest BCUT2D eigenvalue weighted by Crippen LogP contribution is 2.33. The van der Waals surface area contributed by atoms with Crippen LogP contribution in [0.2, 0.25) is 0 Å². The van der Waals surface area contributed by atoms with Gasteiger partial charge in [0.05, 0.1) is 19.8 Å². The Balaban J connectivity index is 1.82. The first-order valence-electron chi connectivity index (χ1n) is 5.85. The number of hydrogen-bond acceptors (Lipinski definition) is 6. The van der Waals surface area contributed by atoms with Gasteiger partial charge in [0.25, 0.3) is 0 Å². The number of ether oxygens (including phenoxy) is 2. The molecule has 0 saturated carbocycles. The summed E-state index contributed by atoms with van der Waals surface area (Å²) in [5.41, 5.74) is 6.65. The number of rotatable bonds is 2. The molecule has 3 heterocycles. The first-order valence-corrected chi connectivity index (χ1v) is 5.85. The van der Waals surface area contributed by atoms with Crippen molar-refractivity contribution in [3.63, 3.8) is 0 Å². The number of anilines is 1. The minimum absolute atomic E-state index is 0.420. The van der Waals surface area contributed by atoms with Gasteiger partial charge in [-0.05, 0) is 0 Å². The van der Waals surface area contributed by atoms with Crippen LogP contribution in [0.25, 0.3) is 0 Å². The van der Waals surface area contributed by atoms with Gasteiger partial charge in [-0.25, -0.2) is 9.97 Å². The maximum atomic E-state index is 5.69. The molecule has 2 saturated heterocycles. The predicted octanol–water partition coefficient (Wildman–Crippen LogP) is -0.111. The van der Waals surface area contributed by atoms with Crippen LogP contribution < -0.4 is 10.6 Å². The van der Waals surface area contributed by atoms with Crippen LogP contribution in [0.4, 0.5) is 5.82 Å². The molecule has 92 valence electrons. The molecule has 0 bridgehead atoms. The van der Waals surface area contributed by atoms with Crippen molar-refractivity contribution in [3.05, 3.63) is 18.1 Å². The normalized spacial score (nSPS) is 22.5. The molecule has 0 aliphatic carbocycles. The van der Waals surface area contributed by atoms with Gasteiger partial charge in [0.15, 0.2) is 5.79 Å². The first kappa shape index (κ1) is 10.9. The summed E-state index contributed by atoms with van der Waals surface area (Å²) < 4.78 is 11.4. The van der Waals surface area contributed by atoms with Crippen molar-refractivity contribution >= 4 is 5.82 Å². The molecule has 0 unspecified atom stereocenters. The van der Waals surface area contributed by atoms with E-state index < -0.39 is 5.79 Å². The van der Waals surface area contributed by atoms with E-state index in [0.29, 0.717) is 19.8 Å². The predicted molar refractivity (Wildman–Crippen MR) is 61.4 cm³/mol. The van der Waals surface area contributed by atoms with Crippen molar-refractivity contribution in [2.24, 2.45) is 5.73 Å². The van der Waals surface area contributed by atoms with E-state index in [1.165, 1.54) is 0 Å². The fraction of sp³-hybridized carbons (Fsp3) is 0.636. The summed E-state index contributed by atoms with van der Waals surface area (Å²) in [6, 6.07) is 0. The third kappa shape index (κ3) is 1.88. The number of hydrogen-bond donors (Lipinski definition) is 1. The number of nitrogens with two attached hydrogens (primary N) is 1. The topological polar surface area (TPSA) is 73.5 Å². The van der Waals surface area contributed by atoms with E-state index in [1.54, 1.807) is 12.5 Å². The lowest BCUT2D eigenvalue weighted by molar-refractivity contribution is -0.137. The number of nitrogens with zero attached hydrogens (tertiary/aromatic N) is 3. The van der Waals surface area contributed by atoms with Crippen LogP contribution in [0.5, 0.6) is 0 Å². The van der Waals surface area contributed by atoms with Crippen LogP contribution in [-0.4, -0.2) is 42.1 Å². The third-order valence-corrected chi connectivity index (χ3v) is 3.29. The third-order valence-electron chi connectivity index (χ3n) is 3.29. The Morgan fingerprint density at radius 2 is 2.24 bits per heavy atom. The van der Waals surface area contributed by atoms with Crippen molar-refractivity contribution < 1.29 is 9.47 Å². The van der Waals surface area contributed by atoms with E-state index in [9.17, 15) is 0 Å². The zero-order chi connectivity index (χ0) is 11.7. The van der Waals surface area contributed by atoms with E-state index in [2.05, 4.69) is 14.9 Å². The first-order chi connectivity index (χ1) is 8.33. The highest BCUT2D eigenvalue weighted by molar-refractivity contribution is 5.46. The van der Waals surface area contributed by atoms with Crippen LogP contribution in [-0.2, 0) is 16.0 Å². The van der Waals surface area contributed by atoms with Gasteiger partial charge in [0, 0.05) is 31.3 Å². The number of aromatic nitrogens is 2. The summed E-state index contributed by atoms with van der Waals surface area (Å²) in [4.78, 5) is 10.5. The molecule has 17 heavy (non-hydrogen) atoms. The highest BCUT2D eigenvalue weighted by Gasteiger charge is 2.44. The molecule has 0 radical (unpaired) electrons. The van der Waals surface area contributed by atoms with Crippen LogP contribution >= 0.6 is 0 Å². The second kappa shape index (κ2) is 4.21. The molecule has 3 rings (SSSR count). The zero-order valence-corrected chi connectivity index (χ0v) is 9.63. The molecule has 1 aromatic rings. The second-order valence-electron chi connectivity index (χ2n) is 4.35. The van der Waals surface area contributed by atoms with Gasteiger partial charge in [0.1, 0.15) is 12.1 Å². The molecule has 2 aliphatic heterocycles. The van der Waals surface area contributed by atoms with Crippen molar-refractivity contribution in [2.45, 2.75) is 18.8 Å². The smallest absolute Gasteiger partial charge is 0.187 e. The van der Waals surface area contributed by atoms with Gasteiger partial charge in [0.2, 0.25) is 0 Å². The van der Waals surface area contributed by atoms with Crippen molar-refractivity contribution in [1.82, 2.24) is 9.97 Å². The van der Waals surface area contributed by atoms with Crippen LogP contribution in [0.3, 0.4) is 0 Å². The monoisotopic (exact) mass is 236 g/mol. The molecule has 2 fully saturated rings. The average Bonchev–Trinajstić information content (AvgIpc) is 3.00. The van der Waals surface area contributed by atoms with Crippen LogP contribution in [0, 0.1) is 0 Å². The van der Waals surface area contributed by atoms with E-state index in [-0.39, 0.29) is 0 Å². The summed E-state index contributed by atoms with van der Waals surface area (Å²) in [5, 5.41) is 0. The minimum Gasteiger partial charge on any atom is -0.351 e. The van der Waals surface area contributed by atoms with Gasteiger partial charge < -0.3 is 20.1 Å². The largest absolute Gasteiger partial charge is 0.351 e. The fourth-order valence-corrected chi connectivity index (χ4v) is 2.45. The lowest BCUT2D eigenvalue weighted by Gasteiger charge is -2.23. The average molecular weight is 236 g/mol. The summed E-state index contributed by atoms with van der Waals surface area (Å²) in [6.45, 7) is 3.41. The molecule has 0 aromatic carbocycles. The van der Waals surface area contributed by atoms with Crippen molar-refractivity contribution in [1.29, 1.82) is 0 Å². The van der Waals surface area contributed by atoms with Gasteiger partial charge >= 0.3 is 0 Å². The molecule has 1 spiro atoms. The van der Waals surface area contributed by atoms with E-state index in [1.807, 2.05) is 0 Å². The summed E-state index contributed by atoms with van der Waals surface area (Å²) >= 11 is 0. The molecular formula is C11H16N4O2. The molecule has 6 heteroatoms. The Morgan fingerprint density at radius 1 is 1.41 bits per heavy atom. The molecule has 1 aromatic heterocycles. The Morgan fingerprint density at radius 3 is 3.00 bits per heavy atom. The summed E-state index contributed by atoms with van der Waals surface area (Å²) in [5.74, 6) is 0.482. The lowest BCUT2D eigenvalue weighted by Crippen LogP contribution is -2.35. The molecule has 6 nitrogen and oxygen atoms in total. The van der Waals surface area contributed by atoms with E-state index in [0.717, 1.165) is 30.9 Å². The Labute approximate surface area is 99.7 Å². The molecule has 0 amide bonds. The van der Waals surface area contributed by atoms with Gasteiger partial charge in [-0.3, -0.25) is 0 Å². The van der Waals surface area contributed by atoms with Gasteiger partial charge in [-0.1, -0.05) is 0 Å². The fourth-order valence-electron chi connectivity index (χ4n) is 2.45. The van der Waals surface area contributed by atoms with E-state index in [4.69, 9.17) is 15.2 Å². The standard InChI is InChI=1S/C11H16N4O2/c12-5-9-6-13-8-14-10(9)15-2-1-11(7-15)16-3-4-17-11/h6,8H,1-5,7,12H2. The van der Waals surface area contributed by atoms with Crippen molar-refractivity contribution in [3.8, 4) is 0 Å². The Kier molecular flexibility index (Phi) is 2.70. The maximum Gasteiger partial charge on any atom is 0.187 e. The van der Waals surface area contributed by atoms with E-state index >= 15 is 0 Å². The summed E-state index contributed by atoms with van der Waals surface area (Å²) in [7, 11) is 0. The minimum atomic E-state index is -0.420. The van der Waals surface area contributed by atoms with Crippen LogP contribution in [0.1, 0.15) is 12.0 Å². The lowest BCUT2D eigenvalue weighted by atomic mass is 10.2.